The maximum Gasteiger partial charge on any atom is 0.216 e. The number of rotatable bonds is 3. The van der Waals surface area contributed by atoms with Crippen LogP contribution >= 0.6 is 24.0 Å². The van der Waals surface area contributed by atoms with E-state index in [2.05, 4.69) is 15.0 Å². The number of methoxy groups -OCH3 is 1. The normalized spacial score (nSPS) is 15.8. The van der Waals surface area contributed by atoms with Gasteiger partial charge in [0.1, 0.15) is 6.54 Å². The summed E-state index contributed by atoms with van der Waals surface area (Å²) in [5.74, 6) is 1.62. The summed E-state index contributed by atoms with van der Waals surface area (Å²) in [5.41, 5.74) is 5.90. The first-order valence-corrected chi connectivity index (χ1v) is 5.78. The molecular formula is C11H18IN5O2. The van der Waals surface area contributed by atoms with E-state index in [4.69, 9.17) is 15.2 Å². The Morgan fingerprint density at radius 2 is 2.26 bits per heavy atom. The molecule has 7 nitrogen and oxygen atoms in total. The number of aromatic nitrogens is 2. The number of aliphatic imine (C=N–C) groups is 1. The van der Waals surface area contributed by atoms with Crippen LogP contribution in [0.15, 0.2) is 17.3 Å². The largest absolute Gasteiger partial charge is 0.481 e. The van der Waals surface area contributed by atoms with Crippen LogP contribution in [0.4, 0.5) is 0 Å². The molecule has 19 heavy (non-hydrogen) atoms. The van der Waals surface area contributed by atoms with E-state index in [0.29, 0.717) is 37.4 Å². The minimum atomic E-state index is 0. The molecule has 0 spiro atoms. The molecule has 0 unspecified atom stereocenters. The molecule has 1 aromatic heterocycles. The van der Waals surface area contributed by atoms with Gasteiger partial charge in [0.2, 0.25) is 5.88 Å². The molecule has 0 aromatic carbocycles. The molecule has 0 radical (unpaired) electrons. The lowest BCUT2D eigenvalue weighted by Gasteiger charge is -2.27. The molecule has 2 N–H and O–H groups in total. The number of ether oxygens (including phenoxy) is 2. The SMILES string of the molecule is COc1ccnc(CN=C(N)N2CCOCC2)n1.I. The highest BCUT2D eigenvalue weighted by Gasteiger charge is 2.12. The summed E-state index contributed by atoms with van der Waals surface area (Å²) in [6, 6.07) is 1.69. The number of nitrogens with zero attached hydrogens (tertiary/aromatic N) is 4. The molecule has 0 saturated carbocycles. The fourth-order valence-corrected chi connectivity index (χ4v) is 1.61. The van der Waals surface area contributed by atoms with Gasteiger partial charge in [-0.3, -0.25) is 0 Å². The van der Waals surface area contributed by atoms with Crippen molar-refractivity contribution in [2.24, 2.45) is 10.7 Å². The van der Waals surface area contributed by atoms with Gasteiger partial charge in [-0.05, 0) is 0 Å². The molecule has 2 rings (SSSR count). The zero-order valence-corrected chi connectivity index (χ0v) is 13.1. The van der Waals surface area contributed by atoms with E-state index in [9.17, 15) is 0 Å². The van der Waals surface area contributed by atoms with Crippen LogP contribution in [0.1, 0.15) is 5.82 Å². The third kappa shape index (κ3) is 4.78. The van der Waals surface area contributed by atoms with E-state index in [1.165, 1.54) is 0 Å². The van der Waals surface area contributed by atoms with Crippen molar-refractivity contribution < 1.29 is 9.47 Å². The molecule has 2 heterocycles. The number of nitrogens with two attached hydrogens (primary N) is 1. The highest BCUT2D eigenvalue weighted by atomic mass is 127. The van der Waals surface area contributed by atoms with Gasteiger partial charge in [0.15, 0.2) is 11.8 Å². The van der Waals surface area contributed by atoms with Gasteiger partial charge in [0.05, 0.1) is 20.3 Å². The van der Waals surface area contributed by atoms with Crippen molar-refractivity contribution in [1.82, 2.24) is 14.9 Å². The molecule has 106 valence electrons. The molecule has 0 bridgehead atoms. The number of morpholine rings is 1. The Morgan fingerprint density at radius 1 is 1.53 bits per heavy atom. The Morgan fingerprint density at radius 3 is 2.95 bits per heavy atom. The summed E-state index contributed by atoms with van der Waals surface area (Å²) in [4.78, 5) is 14.5. The first kappa shape index (κ1) is 15.9. The summed E-state index contributed by atoms with van der Waals surface area (Å²) in [6.07, 6.45) is 1.64. The van der Waals surface area contributed by atoms with Crippen LogP contribution in [0.2, 0.25) is 0 Å². The maximum atomic E-state index is 5.90. The zero-order valence-electron chi connectivity index (χ0n) is 10.8. The lowest BCUT2D eigenvalue weighted by Crippen LogP contribution is -2.44. The fraction of sp³-hybridized carbons (Fsp3) is 0.545. The predicted octanol–water partition coefficient (Wildman–Crippen LogP) is 0.250. The van der Waals surface area contributed by atoms with E-state index in [1.54, 1.807) is 19.4 Å². The second kappa shape index (κ2) is 8.10. The Hall–Kier alpha value is -1.16. The molecule has 1 aromatic rings. The summed E-state index contributed by atoms with van der Waals surface area (Å²) < 4.78 is 10.3. The Labute approximate surface area is 129 Å². The summed E-state index contributed by atoms with van der Waals surface area (Å²) in [6.45, 7) is 3.26. The molecule has 8 heteroatoms. The van der Waals surface area contributed by atoms with Gasteiger partial charge >= 0.3 is 0 Å². The minimum absolute atomic E-state index is 0. The average molecular weight is 379 g/mol. The highest BCUT2D eigenvalue weighted by molar-refractivity contribution is 14.0. The van der Waals surface area contributed by atoms with Gasteiger partial charge in [-0.25, -0.2) is 9.98 Å². The van der Waals surface area contributed by atoms with E-state index in [1.807, 2.05) is 4.90 Å². The van der Waals surface area contributed by atoms with Crippen LogP contribution in [-0.4, -0.2) is 54.2 Å². The lowest BCUT2D eigenvalue weighted by atomic mass is 10.4. The number of guanidine groups is 1. The van der Waals surface area contributed by atoms with Crippen LogP contribution in [0.3, 0.4) is 0 Å². The van der Waals surface area contributed by atoms with Crippen molar-refractivity contribution in [3.8, 4) is 5.88 Å². The average Bonchev–Trinajstić information content (AvgIpc) is 2.46. The van der Waals surface area contributed by atoms with Gasteiger partial charge in [-0.15, -0.1) is 24.0 Å². The maximum absolute atomic E-state index is 5.90. The first-order valence-electron chi connectivity index (χ1n) is 5.78. The molecule has 0 aliphatic carbocycles. The van der Waals surface area contributed by atoms with Crippen molar-refractivity contribution >= 4 is 29.9 Å². The molecule has 0 atom stereocenters. The van der Waals surface area contributed by atoms with Crippen molar-refractivity contribution in [3.05, 3.63) is 18.1 Å². The minimum Gasteiger partial charge on any atom is -0.481 e. The van der Waals surface area contributed by atoms with Crippen molar-refractivity contribution in [2.75, 3.05) is 33.4 Å². The fourth-order valence-electron chi connectivity index (χ4n) is 1.61. The van der Waals surface area contributed by atoms with E-state index < -0.39 is 0 Å². The quantitative estimate of drug-likeness (QED) is 0.461. The van der Waals surface area contributed by atoms with Crippen LogP contribution in [0.5, 0.6) is 5.88 Å². The Balaban J connectivity index is 0.00000180. The van der Waals surface area contributed by atoms with Crippen molar-refractivity contribution in [3.63, 3.8) is 0 Å². The van der Waals surface area contributed by atoms with Crippen molar-refractivity contribution in [2.45, 2.75) is 6.54 Å². The van der Waals surface area contributed by atoms with Crippen LogP contribution in [-0.2, 0) is 11.3 Å². The van der Waals surface area contributed by atoms with Gasteiger partial charge in [-0.1, -0.05) is 0 Å². The topological polar surface area (TPSA) is 85.9 Å². The van der Waals surface area contributed by atoms with E-state index in [-0.39, 0.29) is 24.0 Å². The molecular weight excluding hydrogens is 361 g/mol. The van der Waals surface area contributed by atoms with Gasteiger partial charge in [0, 0.05) is 25.4 Å². The smallest absolute Gasteiger partial charge is 0.216 e. The van der Waals surface area contributed by atoms with Crippen LogP contribution in [0.25, 0.3) is 0 Å². The van der Waals surface area contributed by atoms with Crippen LogP contribution < -0.4 is 10.5 Å². The van der Waals surface area contributed by atoms with Gasteiger partial charge < -0.3 is 20.1 Å². The second-order valence-corrected chi connectivity index (χ2v) is 3.79. The summed E-state index contributed by atoms with van der Waals surface area (Å²) >= 11 is 0. The lowest BCUT2D eigenvalue weighted by molar-refractivity contribution is 0.0674. The number of hydrogen-bond acceptors (Lipinski definition) is 5. The molecule has 0 amide bonds. The van der Waals surface area contributed by atoms with Crippen LogP contribution in [0, 0.1) is 0 Å². The third-order valence-corrected chi connectivity index (χ3v) is 2.61. The van der Waals surface area contributed by atoms with E-state index >= 15 is 0 Å². The second-order valence-electron chi connectivity index (χ2n) is 3.79. The summed E-state index contributed by atoms with van der Waals surface area (Å²) in [5, 5.41) is 0. The molecule has 1 saturated heterocycles. The first-order chi connectivity index (χ1) is 8.79. The Kier molecular flexibility index (Phi) is 6.78. The summed E-state index contributed by atoms with van der Waals surface area (Å²) in [7, 11) is 1.57. The molecule has 1 aliphatic rings. The standard InChI is InChI=1S/C11H17N5O2.HI/c1-17-10-2-3-13-9(15-10)8-14-11(12)16-4-6-18-7-5-16;/h2-3H,4-8H2,1H3,(H2,12,14);1H. The van der Waals surface area contributed by atoms with Gasteiger partial charge in [0.25, 0.3) is 0 Å². The molecule has 1 fully saturated rings. The third-order valence-electron chi connectivity index (χ3n) is 2.61. The molecule has 1 aliphatic heterocycles. The Bertz CT molecular complexity index is 423. The van der Waals surface area contributed by atoms with E-state index in [0.717, 1.165) is 13.1 Å². The predicted molar refractivity (Wildman–Crippen MR) is 81.7 cm³/mol. The monoisotopic (exact) mass is 379 g/mol. The van der Waals surface area contributed by atoms with Gasteiger partial charge in [-0.2, -0.15) is 4.98 Å². The highest BCUT2D eigenvalue weighted by Crippen LogP contribution is 2.05. The van der Waals surface area contributed by atoms with Crippen molar-refractivity contribution in [1.29, 1.82) is 0 Å². The zero-order chi connectivity index (χ0) is 12.8. The number of hydrogen-bond donors (Lipinski definition) is 1. The number of halogens is 1.